The number of nitrogens with one attached hydrogen (secondary N) is 1. The summed E-state index contributed by atoms with van der Waals surface area (Å²) in [6.07, 6.45) is 2.38. The summed E-state index contributed by atoms with van der Waals surface area (Å²) in [5.41, 5.74) is 1.21. The van der Waals surface area contributed by atoms with E-state index in [0.29, 0.717) is 18.5 Å². The van der Waals surface area contributed by atoms with Crippen molar-refractivity contribution < 1.29 is 9.90 Å². The van der Waals surface area contributed by atoms with E-state index in [1.807, 2.05) is 42.5 Å². The smallest absolute Gasteiger partial charge is 0.255 e. The van der Waals surface area contributed by atoms with Crippen molar-refractivity contribution in [1.82, 2.24) is 10.3 Å². The molecule has 4 nitrogen and oxygen atoms in total. The third-order valence-corrected chi connectivity index (χ3v) is 3.50. The number of nitrogens with zero attached hydrogens (tertiary/aromatic N) is 1. The predicted molar refractivity (Wildman–Crippen MR) is 85.9 cm³/mol. The molecular formula is C18H16N2O2. The van der Waals surface area contributed by atoms with Crippen LogP contribution >= 0.6 is 0 Å². The number of carbonyl (C=O) groups is 1. The molecule has 3 rings (SSSR count). The molecule has 110 valence electrons. The number of aromatic nitrogens is 1. The molecule has 0 unspecified atom stereocenters. The summed E-state index contributed by atoms with van der Waals surface area (Å²) < 4.78 is 0. The van der Waals surface area contributed by atoms with Gasteiger partial charge in [0.2, 0.25) is 0 Å². The van der Waals surface area contributed by atoms with Gasteiger partial charge in [-0.25, -0.2) is 0 Å². The molecule has 4 heteroatoms. The summed E-state index contributed by atoms with van der Waals surface area (Å²) in [7, 11) is 0. The van der Waals surface area contributed by atoms with E-state index in [2.05, 4.69) is 10.3 Å². The molecule has 0 saturated carbocycles. The number of phenolic OH excluding ortho intramolecular Hbond substituents is 1. The van der Waals surface area contributed by atoms with Crippen molar-refractivity contribution in [3.8, 4) is 5.75 Å². The highest BCUT2D eigenvalue weighted by Gasteiger charge is 2.12. The fourth-order valence-corrected chi connectivity index (χ4v) is 2.36. The standard InChI is InChI=1S/C18H16N2O2/c21-17-12-14-6-2-1-5-13(14)11-16(17)18(22)20-10-8-15-7-3-4-9-19-15/h1-7,9,11-12,21H,8,10H2,(H,20,22). The Kier molecular flexibility index (Phi) is 4.01. The van der Waals surface area contributed by atoms with Crippen LogP contribution in [0, 0.1) is 0 Å². The lowest BCUT2D eigenvalue weighted by molar-refractivity contribution is 0.0951. The third kappa shape index (κ3) is 3.06. The molecular weight excluding hydrogens is 276 g/mol. The van der Waals surface area contributed by atoms with Crippen LogP contribution in [-0.4, -0.2) is 22.5 Å². The first kappa shape index (κ1) is 14.1. The number of rotatable bonds is 4. The minimum Gasteiger partial charge on any atom is -0.507 e. The molecule has 0 saturated heterocycles. The van der Waals surface area contributed by atoms with Gasteiger partial charge in [-0.15, -0.1) is 0 Å². The Bertz CT molecular complexity index is 801. The molecule has 2 N–H and O–H groups in total. The Morgan fingerprint density at radius 3 is 2.50 bits per heavy atom. The fourth-order valence-electron chi connectivity index (χ4n) is 2.36. The van der Waals surface area contributed by atoms with Gasteiger partial charge in [0, 0.05) is 24.9 Å². The third-order valence-electron chi connectivity index (χ3n) is 3.50. The summed E-state index contributed by atoms with van der Waals surface area (Å²) in [5.74, 6) is -0.284. The predicted octanol–water partition coefficient (Wildman–Crippen LogP) is 2.91. The van der Waals surface area contributed by atoms with Crippen molar-refractivity contribution in [3.63, 3.8) is 0 Å². The van der Waals surface area contributed by atoms with Crippen LogP contribution in [0.5, 0.6) is 5.75 Å². The normalized spacial score (nSPS) is 10.5. The highest BCUT2D eigenvalue weighted by atomic mass is 16.3. The van der Waals surface area contributed by atoms with Crippen LogP contribution in [-0.2, 0) is 6.42 Å². The van der Waals surface area contributed by atoms with Gasteiger partial charge < -0.3 is 10.4 Å². The van der Waals surface area contributed by atoms with Crippen LogP contribution in [0.2, 0.25) is 0 Å². The molecule has 0 aliphatic rings. The largest absolute Gasteiger partial charge is 0.507 e. The second-order valence-electron chi connectivity index (χ2n) is 5.04. The van der Waals surface area contributed by atoms with Crippen LogP contribution in [0.4, 0.5) is 0 Å². The van der Waals surface area contributed by atoms with Gasteiger partial charge in [0.25, 0.3) is 5.91 Å². The van der Waals surface area contributed by atoms with Crippen LogP contribution in [0.3, 0.4) is 0 Å². The van der Waals surface area contributed by atoms with E-state index in [0.717, 1.165) is 16.5 Å². The highest BCUT2D eigenvalue weighted by Crippen LogP contribution is 2.24. The quantitative estimate of drug-likeness (QED) is 0.777. The second kappa shape index (κ2) is 6.26. The number of phenols is 1. The molecule has 0 atom stereocenters. The van der Waals surface area contributed by atoms with E-state index in [4.69, 9.17) is 0 Å². The second-order valence-corrected chi connectivity index (χ2v) is 5.04. The number of aromatic hydroxyl groups is 1. The minimum atomic E-state index is -0.279. The van der Waals surface area contributed by atoms with Gasteiger partial charge in [-0.05, 0) is 35.0 Å². The van der Waals surface area contributed by atoms with Gasteiger partial charge in [-0.3, -0.25) is 9.78 Å². The van der Waals surface area contributed by atoms with E-state index >= 15 is 0 Å². The Balaban J connectivity index is 1.71. The molecule has 0 aliphatic carbocycles. The van der Waals surface area contributed by atoms with Crippen molar-refractivity contribution in [2.45, 2.75) is 6.42 Å². The SMILES string of the molecule is O=C(NCCc1ccccn1)c1cc2ccccc2cc1O. The van der Waals surface area contributed by atoms with Crippen LogP contribution < -0.4 is 5.32 Å². The molecule has 3 aromatic rings. The highest BCUT2D eigenvalue weighted by molar-refractivity contribution is 6.01. The molecule has 1 amide bonds. The maximum Gasteiger partial charge on any atom is 0.255 e. The lowest BCUT2D eigenvalue weighted by Crippen LogP contribution is -2.26. The molecule has 0 aliphatic heterocycles. The van der Waals surface area contributed by atoms with Crippen molar-refractivity contribution in [3.05, 3.63) is 72.1 Å². The average molecular weight is 292 g/mol. The van der Waals surface area contributed by atoms with Gasteiger partial charge in [0.05, 0.1) is 5.56 Å². The van der Waals surface area contributed by atoms with Gasteiger partial charge in [-0.1, -0.05) is 30.3 Å². The number of hydrogen-bond acceptors (Lipinski definition) is 3. The lowest BCUT2D eigenvalue weighted by atomic mass is 10.1. The number of carbonyl (C=O) groups excluding carboxylic acids is 1. The molecule has 1 heterocycles. The molecule has 22 heavy (non-hydrogen) atoms. The van der Waals surface area contributed by atoms with E-state index in [9.17, 15) is 9.90 Å². The minimum absolute atomic E-state index is 0.00552. The topological polar surface area (TPSA) is 62.2 Å². The Morgan fingerprint density at radius 1 is 1.05 bits per heavy atom. The maximum atomic E-state index is 12.2. The Morgan fingerprint density at radius 2 is 1.77 bits per heavy atom. The van der Waals surface area contributed by atoms with E-state index in [1.165, 1.54) is 0 Å². The summed E-state index contributed by atoms with van der Waals surface area (Å²) in [6.45, 7) is 0.474. The number of pyridine rings is 1. The number of amides is 1. The number of fused-ring (bicyclic) bond motifs is 1. The summed E-state index contributed by atoms with van der Waals surface area (Å²) >= 11 is 0. The Hall–Kier alpha value is -2.88. The maximum absolute atomic E-state index is 12.2. The zero-order valence-corrected chi connectivity index (χ0v) is 12.0. The average Bonchev–Trinajstić information content (AvgIpc) is 2.55. The zero-order chi connectivity index (χ0) is 15.4. The van der Waals surface area contributed by atoms with E-state index in [1.54, 1.807) is 18.3 Å². The van der Waals surface area contributed by atoms with Crippen LogP contribution in [0.25, 0.3) is 10.8 Å². The van der Waals surface area contributed by atoms with Gasteiger partial charge >= 0.3 is 0 Å². The van der Waals surface area contributed by atoms with E-state index in [-0.39, 0.29) is 11.7 Å². The monoisotopic (exact) mass is 292 g/mol. The molecule has 0 bridgehead atoms. The number of benzene rings is 2. The first-order chi connectivity index (χ1) is 10.7. The van der Waals surface area contributed by atoms with Crippen molar-refractivity contribution in [1.29, 1.82) is 0 Å². The van der Waals surface area contributed by atoms with Crippen molar-refractivity contribution >= 4 is 16.7 Å². The van der Waals surface area contributed by atoms with Crippen molar-refractivity contribution in [2.24, 2.45) is 0 Å². The zero-order valence-electron chi connectivity index (χ0n) is 12.0. The molecule has 0 radical (unpaired) electrons. The first-order valence-electron chi connectivity index (χ1n) is 7.14. The van der Waals surface area contributed by atoms with Gasteiger partial charge in [0.15, 0.2) is 0 Å². The fraction of sp³-hybridized carbons (Fsp3) is 0.111. The summed E-state index contributed by atoms with van der Waals surface area (Å²) in [4.78, 5) is 16.4. The molecule has 0 spiro atoms. The lowest BCUT2D eigenvalue weighted by Gasteiger charge is -2.08. The summed E-state index contributed by atoms with van der Waals surface area (Å²) in [5, 5.41) is 14.7. The molecule has 2 aromatic carbocycles. The number of hydrogen-bond donors (Lipinski definition) is 2. The first-order valence-corrected chi connectivity index (χ1v) is 7.14. The molecule has 1 aromatic heterocycles. The molecule has 0 fully saturated rings. The Labute approximate surface area is 128 Å². The van der Waals surface area contributed by atoms with Crippen molar-refractivity contribution in [2.75, 3.05) is 6.54 Å². The van der Waals surface area contributed by atoms with E-state index < -0.39 is 0 Å². The van der Waals surface area contributed by atoms with Crippen LogP contribution in [0.15, 0.2) is 60.8 Å². The van der Waals surface area contributed by atoms with Gasteiger partial charge in [-0.2, -0.15) is 0 Å². The van der Waals surface area contributed by atoms with Gasteiger partial charge in [0.1, 0.15) is 5.75 Å². The summed E-state index contributed by atoms with van der Waals surface area (Å²) in [6, 6.07) is 16.6. The van der Waals surface area contributed by atoms with Crippen LogP contribution in [0.1, 0.15) is 16.1 Å².